The summed E-state index contributed by atoms with van der Waals surface area (Å²) in [6.45, 7) is 7.06. The predicted octanol–water partition coefficient (Wildman–Crippen LogP) is 4.68. The molecule has 0 spiro atoms. The van der Waals surface area contributed by atoms with Gasteiger partial charge in [-0.2, -0.15) is 0 Å². The second-order valence-electron chi connectivity index (χ2n) is 9.13. The van der Waals surface area contributed by atoms with Gasteiger partial charge in [0.05, 0.1) is 13.0 Å². The van der Waals surface area contributed by atoms with E-state index in [0.29, 0.717) is 36.8 Å². The molecule has 0 aromatic heterocycles. The minimum atomic E-state index is -0.297. The predicted molar refractivity (Wildman–Crippen MR) is 125 cm³/mol. The SMILES string of the molecule is CC(C)N1[C@H]2CCNc3ccccc3CN(C(=O)CCOc3ccc(F)cc3)C[C@@H]1CC2. The van der Waals surface area contributed by atoms with Crippen molar-refractivity contribution in [3.8, 4) is 5.75 Å². The first kappa shape index (κ1) is 22.6. The van der Waals surface area contributed by atoms with Crippen LogP contribution in [0.2, 0.25) is 0 Å². The summed E-state index contributed by atoms with van der Waals surface area (Å²) >= 11 is 0. The average Bonchev–Trinajstić information content (AvgIpc) is 3.16. The van der Waals surface area contributed by atoms with Crippen molar-refractivity contribution in [2.45, 2.75) is 64.2 Å². The number of para-hydroxylation sites is 1. The summed E-state index contributed by atoms with van der Waals surface area (Å²) in [4.78, 5) is 17.9. The van der Waals surface area contributed by atoms with Gasteiger partial charge in [0.2, 0.25) is 5.91 Å². The van der Waals surface area contributed by atoms with Crippen molar-refractivity contribution in [3.05, 3.63) is 59.9 Å². The van der Waals surface area contributed by atoms with Gasteiger partial charge in [-0.05, 0) is 69.0 Å². The number of ether oxygens (including phenoxy) is 1. The molecule has 1 amide bonds. The van der Waals surface area contributed by atoms with Gasteiger partial charge in [-0.25, -0.2) is 4.39 Å². The number of hydrogen-bond donors (Lipinski definition) is 1. The third-order valence-electron chi connectivity index (χ3n) is 6.63. The van der Waals surface area contributed by atoms with Gasteiger partial charge in [-0.1, -0.05) is 18.2 Å². The number of carbonyl (C=O) groups is 1. The molecule has 2 aliphatic heterocycles. The summed E-state index contributed by atoms with van der Waals surface area (Å²) in [5, 5.41) is 3.61. The number of amides is 1. The average molecular weight is 440 g/mol. The van der Waals surface area contributed by atoms with Crippen molar-refractivity contribution >= 4 is 11.6 Å². The van der Waals surface area contributed by atoms with E-state index >= 15 is 0 Å². The number of hydrogen-bond acceptors (Lipinski definition) is 4. The highest BCUT2D eigenvalue weighted by Crippen LogP contribution is 2.31. The Morgan fingerprint density at radius 3 is 2.62 bits per heavy atom. The van der Waals surface area contributed by atoms with Crippen LogP contribution in [0.15, 0.2) is 48.5 Å². The Morgan fingerprint density at radius 1 is 1.09 bits per heavy atom. The number of nitrogens with zero attached hydrogens (tertiary/aromatic N) is 2. The molecule has 2 aromatic rings. The molecule has 32 heavy (non-hydrogen) atoms. The van der Waals surface area contributed by atoms with E-state index in [1.165, 1.54) is 18.6 Å². The van der Waals surface area contributed by atoms with Crippen molar-refractivity contribution in [2.24, 2.45) is 0 Å². The summed E-state index contributed by atoms with van der Waals surface area (Å²) in [7, 11) is 0. The Bertz CT molecular complexity index is 902. The summed E-state index contributed by atoms with van der Waals surface area (Å²) in [5.41, 5.74) is 2.26. The molecule has 1 N–H and O–H groups in total. The zero-order valence-electron chi connectivity index (χ0n) is 19.1. The summed E-state index contributed by atoms with van der Waals surface area (Å²) in [6, 6.07) is 15.6. The number of carbonyl (C=O) groups excluding carboxylic acids is 1. The fourth-order valence-electron chi connectivity index (χ4n) is 5.17. The number of benzene rings is 2. The second-order valence-corrected chi connectivity index (χ2v) is 9.13. The van der Waals surface area contributed by atoms with E-state index in [1.54, 1.807) is 12.1 Å². The first-order valence-corrected chi connectivity index (χ1v) is 11.8. The van der Waals surface area contributed by atoms with Gasteiger partial charge in [-0.15, -0.1) is 0 Å². The lowest BCUT2D eigenvalue weighted by Gasteiger charge is -2.36. The van der Waals surface area contributed by atoms with Crippen LogP contribution in [0, 0.1) is 5.82 Å². The smallest absolute Gasteiger partial charge is 0.226 e. The quantitative estimate of drug-likeness (QED) is 0.735. The van der Waals surface area contributed by atoms with Gasteiger partial charge in [0.25, 0.3) is 0 Å². The first-order valence-electron chi connectivity index (χ1n) is 11.8. The van der Waals surface area contributed by atoms with Crippen molar-refractivity contribution in [1.82, 2.24) is 9.80 Å². The number of fused-ring (bicyclic) bond motifs is 3. The highest BCUT2D eigenvalue weighted by molar-refractivity contribution is 5.76. The molecule has 0 radical (unpaired) electrons. The normalized spacial score (nSPS) is 21.6. The van der Waals surface area contributed by atoms with Crippen LogP contribution in [0.5, 0.6) is 5.75 Å². The van der Waals surface area contributed by atoms with E-state index in [9.17, 15) is 9.18 Å². The molecular weight excluding hydrogens is 405 g/mol. The fourth-order valence-corrected chi connectivity index (χ4v) is 5.17. The lowest BCUT2D eigenvalue weighted by Crippen LogP contribution is -2.48. The standard InChI is InChI=1S/C26H34FN3O2/c1-19(2)30-22-9-10-23(30)18-29(17-20-5-3-4-6-25(20)28-15-13-22)26(31)14-16-32-24-11-7-21(27)8-12-24/h3-8,11-12,19,22-23,28H,9-10,13-18H2,1-2H3/t22-,23+/m1/s1. The van der Waals surface area contributed by atoms with Gasteiger partial charge in [0, 0.05) is 43.4 Å². The maximum absolute atomic E-state index is 13.3. The molecule has 0 aliphatic carbocycles. The molecule has 2 aromatic carbocycles. The van der Waals surface area contributed by atoms with E-state index in [0.717, 1.165) is 37.2 Å². The van der Waals surface area contributed by atoms with Crippen LogP contribution in [0.1, 0.15) is 45.1 Å². The molecule has 2 heterocycles. The van der Waals surface area contributed by atoms with E-state index in [4.69, 9.17) is 4.74 Å². The van der Waals surface area contributed by atoms with E-state index in [1.807, 2.05) is 17.0 Å². The van der Waals surface area contributed by atoms with Gasteiger partial charge in [-0.3, -0.25) is 9.69 Å². The molecule has 0 saturated carbocycles. The number of nitrogens with one attached hydrogen (secondary N) is 1. The Morgan fingerprint density at radius 2 is 1.84 bits per heavy atom. The van der Waals surface area contributed by atoms with Gasteiger partial charge in [0.15, 0.2) is 0 Å². The van der Waals surface area contributed by atoms with Gasteiger partial charge in [0.1, 0.15) is 11.6 Å². The van der Waals surface area contributed by atoms with E-state index in [-0.39, 0.29) is 18.3 Å². The topological polar surface area (TPSA) is 44.8 Å². The largest absolute Gasteiger partial charge is 0.493 e. The lowest BCUT2D eigenvalue weighted by molar-refractivity contribution is -0.133. The van der Waals surface area contributed by atoms with Crippen LogP contribution in [0.4, 0.5) is 10.1 Å². The van der Waals surface area contributed by atoms with Crippen molar-refractivity contribution in [1.29, 1.82) is 0 Å². The van der Waals surface area contributed by atoms with Crippen LogP contribution in [-0.2, 0) is 11.3 Å². The van der Waals surface area contributed by atoms with Crippen molar-refractivity contribution in [3.63, 3.8) is 0 Å². The highest BCUT2D eigenvalue weighted by Gasteiger charge is 2.36. The van der Waals surface area contributed by atoms with Crippen LogP contribution in [0.3, 0.4) is 0 Å². The molecule has 0 unspecified atom stereocenters. The second kappa shape index (κ2) is 10.3. The third-order valence-corrected chi connectivity index (χ3v) is 6.63. The molecule has 5 nitrogen and oxygen atoms in total. The first-order chi connectivity index (χ1) is 15.5. The van der Waals surface area contributed by atoms with E-state index < -0.39 is 0 Å². The minimum Gasteiger partial charge on any atom is -0.493 e. The van der Waals surface area contributed by atoms with E-state index in [2.05, 4.69) is 36.2 Å². The van der Waals surface area contributed by atoms with Crippen LogP contribution in [0.25, 0.3) is 0 Å². The Balaban J connectivity index is 1.49. The Hall–Kier alpha value is -2.60. The molecule has 2 aliphatic rings. The number of rotatable bonds is 5. The molecule has 2 atom stereocenters. The maximum atomic E-state index is 13.3. The molecule has 2 bridgehead atoms. The summed E-state index contributed by atoms with van der Waals surface area (Å²) in [6.07, 6.45) is 3.72. The summed E-state index contributed by atoms with van der Waals surface area (Å²) in [5.74, 6) is 0.373. The molecule has 172 valence electrons. The monoisotopic (exact) mass is 439 g/mol. The van der Waals surface area contributed by atoms with Crippen molar-refractivity contribution < 1.29 is 13.9 Å². The van der Waals surface area contributed by atoms with Gasteiger partial charge < -0.3 is 15.0 Å². The molecule has 4 rings (SSSR count). The fraction of sp³-hybridized carbons (Fsp3) is 0.500. The van der Waals surface area contributed by atoms with Crippen molar-refractivity contribution in [2.75, 3.05) is 25.0 Å². The molecule has 1 fully saturated rings. The highest BCUT2D eigenvalue weighted by atomic mass is 19.1. The van der Waals surface area contributed by atoms with Crippen LogP contribution < -0.4 is 10.1 Å². The minimum absolute atomic E-state index is 0.0910. The third kappa shape index (κ3) is 5.41. The Kier molecular flexibility index (Phi) is 7.30. The number of anilines is 1. The number of halogens is 1. The summed E-state index contributed by atoms with van der Waals surface area (Å²) < 4.78 is 18.8. The van der Waals surface area contributed by atoms with Gasteiger partial charge >= 0.3 is 0 Å². The molecular formula is C26H34FN3O2. The van der Waals surface area contributed by atoms with Crippen LogP contribution >= 0.6 is 0 Å². The molecule has 6 heteroatoms. The zero-order chi connectivity index (χ0) is 22.5. The lowest BCUT2D eigenvalue weighted by atomic mass is 10.1. The molecule has 1 saturated heterocycles. The Labute approximate surface area is 190 Å². The van der Waals surface area contributed by atoms with Crippen LogP contribution in [-0.4, -0.2) is 53.5 Å². The zero-order valence-corrected chi connectivity index (χ0v) is 19.1. The maximum Gasteiger partial charge on any atom is 0.226 e.